The van der Waals surface area contributed by atoms with E-state index in [1.54, 1.807) is 27.7 Å². The Morgan fingerprint density at radius 3 is 2.52 bits per heavy atom. The number of nitriles is 2. The van der Waals surface area contributed by atoms with Gasteiger partial charge in [0.15, 0.2) is 0 Å². The van der Waals surface area contributed by atoms with Crippen LogP contribution in [0.2, 0.25) is 0 Å². The zero-order valence-electron chi connectivity index (χ0n) is 14.7. The molecule has 0 fully saturated rings. The highest BCUT2D eigenvalue weighted by Crippen LogP contribution is 2.38. The van der Waals surface area contributed by atoms with Crippen LogP contribution in [0.5, 0.6) is 0 Å². The van der Waals surface area contributed by atoms with Crippen molar-refractivity contribution in [2.24, 2.45) is 7.05 Å². The SMILES string of the molecule is Cc1cccc(C#N)c1Sc1cc(-c2cnn(C)c2)cn2ncc(C#N)c12. The third-order valence-electron chi connectivity index (χ3n) is 4.28. The number of nitrogens with zero attached hydrogens (tertiary/aromatic N) is 6. The molecule has 27 heavy (non-hydrogen) atoms. The van der Waals surface area contributed by atoms with E-state index in [-0.39, 0.29) is 0 Å². The molecule has 0 N–H and O–H groups in total. The lowest BCUT2D eigenvalue weighted by molar-refractivity contribution is 0.768. The van der Waals surface area contributed by atoms with E-state index < -0.39 is 0 Å². The minimum Gasteiger partial charge on any atom is -0.275 e. The molecule has 4 aromatic rings. The first-order valence-electron chi connectivity index (χ1n) is 8.19. The smallest absolute Gasteiger partial charge is 0.103 e. The van der Waals surface area contributed by atoms with Gasteiger partial charge in [-0.25, -0.2) is 4.52 Å². The first-order chi connectivity index (χ1) is 13.1. The van der Waals surface area contributed by atoms with E-state index in [0.29, 0.717) is 11.1 Å². The highest BCUT2D eigenvalue weighted by atomic mass is 32.2. The van der Waals surface area contributed by atoms with E-state index in [1.807, 2.05) is 44.6 Å². The lowest BCUT2D eigenvalue weighted by Crippen LogP contribution is -1.93. The quantitative estimate of drug-likeness (QED) is 0.545. The van der Waals surface area contributed by atoms with Crippen LogP contribution >= 0.6 is 11.8 Å². The molecule has 0 saturated heterocycles. The first-order valence-corrected chi connectivity index (χ1v) is 9.00. The average molecular weight is 370 g/mol. The van der Waals surface area contributed by atoms with Crippen LogP contribution in [0, 0.1) is 29.6 Å². The Hall–Kier alpha value is -3.55. The van der Waals surface area contributed by atoms with Crippen LogP contribution in [0.15, 0.2) is 58.8 Å². The van der Waals surface area contributed by atoms with Crippen molar-refractivity contribution in [3.05, 3.63) is 65.7 Å². The van der Waals surface area contributed by atoms with Crippen molar-refractivity contribution in [1.82, 2.24) is 19.4 Å². The normalized spacial score (nSPS) is 10.7. The second-order valence-electron chi connectivity index (χ2n) is 6.12. The summed E-state index contributed by atoms with van der Waals surface area (Å²) in [5.41, 5.74) is 4.77. The van der Waals surface area contributed by atoms with Gasteiger partial charge in [0, 0.05) is 40.4 Å². The van der Waals surface area contributed by atoms with Crippen LogP contribution in [-0.4, -0.2) is 19.4 Å². The third-order valence-corrected chi connectivity index (χ3v) is 5.56. The summed E-state index contributed by atoms with van der Waals surface area (Å²) >= 11 is 1.48. The number of hydrogen-bond acceptors (Lipinski definition) is 5. The van der Waals surface area contributed by atoms with Crippen LogP contribution in [-0.2, 0) is 7.05 Å². The van der Waals surface area contributed by atoms with Gasteiger partial charge in [0.25, 0.3) is 0 Å². The van der Waals surface area contributed by atoms with Crippen LogP contribution < -0.4 is 0 Å². The number of aromatic nitrogens is 4. The van der Waals surface area contributed by atoms with Crippen LogP contribution in [0.4, 0.5) is 0 Å². The highest BCUT2D eigenvalue weighted by molar-refractivity contribution is 7.99. The molecule has 3 aromatic heterocycles. The van der Waals surface area contributed by atoms with E-state index in [0.717, 1.165) is 32.0 Å². The number of aryl methyl sites for hydroxylation is 2. The molecular formula is C20H14N6S. The summed E-state index contributed by atoms with van der Waals surface area (Å²) in [6, 6.07) is 12.1. The first kappa shape index (κ1) is 16.9. The molecule has 0 amide bonds. The lowest BCUT2D eigenvalue weighted by atomic mass is 10.1. The maximum atomic E-state index is 9.49. The molecule has 130 valence electrons. The monoisotopic (exact) mass is 370 g/mol. The Balaban J connectivity index is 1.95. The summed E-state index contributed by atoms with van der Waals surface area (Å²) in [4.78, 5) is 1.76. The van der Waals surface area contributed by atoms with Gasteiger partial charge in [-0.2, -0.15) is 20.7 Å². The van der Waals surface area contributed by atoms with E-state index in [9.17, 15) is 10.5 Å². The van der Waals surface area contributed by atoms with Crippen molar-refractivity contribution in [3.63, 3.8) is 0 Å². The van der Waals surface area contributed by atoms with E-state index in [4.69, 9.17) is 0 Å². The Bertz CT molecular complexity index is 1250. The zero-order chi connectivity index (χ0) is 19.0. The molecule has 0 aliphatic heterocycles. The van der Waals surface area contributed by atoms with Gasteiger partial charge in [-0.1, -0.05) is 23.9 Å². The standard InChI is InChI=1S/C20H14N6S/c1-13-4-3-5-14(7-21)20(13)27-18-6-15(17-10-23-25(2)11-17)12-26-19(18)16(8-22)9-24-26/h3-6,9-12H,1-2H3. The minimum atomic E-state index is 0.502. The predicted molar refractivity (Wildman–Crippen MR) is 102 cm³/mol. The van der Waals surface area contributed by atoms with Gasteiger partial charge in [0.05, 0.1) is 29.0 Å². The number of hydrogen-bond donors (Lipinski definition) is 0. The van der Waals surface area contributed by atoms with E-state index in [2.05, 4.69) is 22.3 Å². The molecule has 0 atom stereocenters. The summed E-state index contributed by atoms with van der Waals surface area (Å²) in [5, 5.41) is 27.5. The van der Waals surface area contributed by atoms with Gasteiger partial charge >= 0.3 is 0 Å². The second kappa shape index (κ2) is 6.64. The summed E-state index contributed by atoms with van der Waals surface area (Å²) in [5.74, 6) is 0. The van der Waals surface area contributed by atoms with E-state index in [1.165, 1.54) is 11.8 Å². The molecule has 0 aliphatic carbocycles. The maximum absolute atomic E-state index is 9.49. The van der Waals surface area contributed by atoms with Crippen molar-refractivity contribution >= 4 is 17.3 Å². The minimum absolute atomic E-state index is 0.502. The summed E-state index contributed by atoms with van der Waals surface area (Å²) in [7, 11) is 1.87. The molecule has 3 heterocycles. The summed E-state index contributed by atoms with van der Waals surface area (Å²) in [6.45, 7) is 1.98. The summed E-state index contributed by atoms with van der Waals surface area (Å²) < 4.78 is 3.46. The van der Waals surface area contributed by atoms with Gasteiger partial charge in [0.1, 0.15) is 12.1 Å². The maximum Gasteiger partial charge on any atom is 0.103 e. The number of pyridine rings is 1. The molecule has 0 unspecified atom stereocenters. The summed E-state index contributed by atoms with van der Waals surface area (Å²) in [6.07, 6.45) is 7.17. The molecule has 0 saturated carbocycles. The Labute approximate surface area is 160 Å². The highest BCUT2D eigenvalue weighted by Gasteiger charge is 2.16. The van der Waals surface area contributed by atoms with Crippen molar-refractivity contribution in [2.75, 3.05) is 0 Å². The fraction of sp³-hybridized carbons (Fsp3) is 0.100. The lowest BCUT2D eigenvalue weighted by Gasteiger charge is -2.11. The van der Waals surface area contributed by atoms with Crippen LogP contribution in [0.1, 0.15) is 16.7 Å². The number of fused-ring (bicyclic) bond motifs is 1. The fourth-order valence-corrected chi connectivity index (χ4v) is 4.12. The Morgan fingerprint density at radius 1 is 1.00 bits per heavy atom. The van der Waals surface area contributed by atoms with Crippen LogP contribution in [0.25, 0.3) is 16.6 Å². The van der Waals surface area contributed by atoms with Gasteiger partial charge in [-0.3, -0.25) is 4.68 Å². The Morgan fingerprint density at radius 2 is 1.81 bits per heavy atom. The molecule has 0 bridgehead atoms. The fourth-order valence-electron chi connectivity index (χ4n) is 2.96. The number of rotatable bonds is 3. The molecule has 0 radical (unpaired) electrons. The van der Waals surface area contributed by atoms with Crippen molar-refractivity contribution < 1.29 is 0 Å². The molecule has 0 spiro atoms. The molecule has 0 aliphatic rings. The molecule has 4 rings (SSSR count). The topological polar surface area (TPSA) is 82.7 Å². The number of benzene rings is 1. The van der Waals surface area contributed by atoms with Gasteiger partial charge in [-0.15, -0.1) is 0 Å². The van der Waals surface area contributed by atoms with Crippen LogP contribution in [0.3, 0.4) is 0 Å². The van der Waals surface area contributed by atoms with Crippen molar-refractivity contribution in [3.8, 4) is 23.3 Å². The average Bonchev–Trinajstić information content (AvgIpc) is 3.29. The molecule has 6 nitrogen and oxygen atoms in total. The van der Waals surface area contributed by atoms with Gasteiger partial charge < -0.3 is 0 Å². The zero-order valence-corrected chi connectivity index (χ0v) is 15.5. The van der Waals surface area contributed by atoms with Gasteiger partial charge in [0.2, 0.25) is 0 Å². The van der Waals surface area contributed by atoms with Gasteiger partial charge in [-0.05, 0) is 24.6 Å². The predicted octanol–water partition coefficient (Wildman–Crippen LogP) is 3.94. The van der Waals surface area contributed by atoms with E-state index >= 15 is 0 Å². The second-order valence-corrected chi connectivity index (χ2v) is 7.18. The molecule has 7 heteroatoms. The largest absolute Gasteiger partial charge is 0.275 e. The third kappa shape index (κ3) is 2.95. The molecular weight excluding hydrogens is 356 g/mol. The molecule has 1 aromatic carbocycles. The Kier molecular flexibility index (Phi) is 4.15. The van der Waals surface area contributed by atoms with Crippen molar-refractivity contribution in [2.45, 2.75) is 16.7 Å². The van der Waals surface area contributed by atoms with Crippen molar-refractivity contribution in [1.29, 1.82) is 10.5 Å².